The minimum atomic E-state index is -4.28. The van der Waals surface area contributed by atoms with E-state index in [-0.39, 0.29) is 16.7 Å². The van der Waals surface area contributed by atoms with Crippen molar-refractivity contribution in [3.8, 4) is 0 Å². The highest BCUT2D eigenvalue weighted by Gasteiger charge is 2.25. The first kappa shape index (κ1) is 15.9. The average Bonchev–Trinajstić information content (AvgIpc) is 2.75. The van der Waals surface area contributed by atoms with Crippen molar-refractivity contribution in [2.75, 3.05) is 0 Å². The van der Waals surface area contributed by atoms with Crippen LogP contribution in [0.4, 0.5) is 0 Å². The van der Waals surface area contributed by atoms with Crippen molar-refractivity contribution >= 4 is 21.9 Å². The quantitative estimate of drug-likeness (QED) is 0.808. The maximum Gasteiger partial charge on any atom is 0.324 e. The monoisotopic (exact) mass is 318 g/mol. The highest BCUT2D eigenvalue weighted by molar-refractivity contribution is 7.85. The molecule has 1 radical (unpaired) electrons. The van der Waals surface area contributed by atoms with Crippen molar-refractivity contribution in [2.45, 2.75) is 11.8 Å². The van der Waals surface area contributed by atoms with E-state index in [1.807, 2.05) is 0 Å². The van der Waals surface area contributed by atoms with Crippen LogP contribution >= 0.6 is 0 Å². The lowest BCUT2D eigenvalue weighted by molar-refractivity contribution is 0.0879. The van der Waals surface area contributed by atoms with E-state index in [2.05, 4.69) is 5.32 Å². The predicted octanol–water partition coefficient (Wildman–Crippen LogP) is 1.68. The van der Waals surface area contributed by atoms with E-state index in [1.165, 1.54) is 12.1 Å². The number of rotatable bonds is 1. The summed E-state index contributed by atoms with van der Waals surface area (Å²) in [6, 6.07) is 12.8. The Bertz CT molecular complexity index is 810. The first-order chi connectivity index (χ1) is 10.3. The van der Waals surface area contributed by atoms with Gasteiger partial charge in [0.2, 0.25) is 0 Å². The molecule has 1 N–H and O–H groups in total. The summed E-state index contributed by atoms with van der Waals surface area (Å²) in [5, 5.41) is 2.20. The molecule has 0 saturated carbocycles. The molecule has 0 spiro atoms. The van der Waals surface area contributed by atoms with Gasteiger partial charge in [0.25, 0.3) is 11.8 Å². The summed E-state index contributed by atoms with van der Waals surface area (Å²) in [6.45, 7) is 1.59. The normalized spacial score (nSPS) is 13.0. The number of benzene rings is 2. The van der Waals surface area contributed by atoms with E-state index >= 15 is 0 Å². The minimum absolute atomic E-state index is 0.139. The number of aryl methyl sites for hydroxylation is 1. The third-order valence-corrected chi connectivity index (χ3v) is 4.00. The summed E-state index contributed by atoms with van der Waals surface area (Å²) in [7, 11) is -4.28. The Balaban J connectivity index is 0.000000160. The second-order valence-electron chi connectivity index (χ2n) is 4.55. The van der Waals surface area contributed by atoms with Gasteiger partial charge < -0.3 is 0 Å². The number of imide groups is 1. The van der Waals surface area contributed by atoms with Crippen molar-refractivity contribution in [3.63, 3.8) is 0 Å². The van der Waals surface area contributed by atoms with Crippen LogP contribution in [0.5, 0.6) is 0 Å². The zero-order chi connectivity index (χ0) is 16.3. The largest absolute Gasteiger partial charge is 0.324 e. The fourth-order valence-electron chi connectivity index (χ4n) is 1.95. The Labute approximate surface area is 127 Å². The van der Waals surface area contributed by atoms with Crippen LogP contribution in [0.1, 0.15) is 26.3 Å². The van der Waals surface area contributed by atoms with Crippen LogP contribution < -0.4 is 5.32 Å². The van der Waals surface area contributed by atoms with Crippen LogP contribution in [0.15, 0.2) is 53.4 Å². The first-order valence-electron chi connectivity index (χ1n) is 6.27. The SMILES string of the molecule is Cc1ccccc1S([O])(=O)=O.O=C1NC(=O)c2ccccc21. The molecule has 0 bridgehead atoms. The number of amides is 2. The molecule has 0 atom stereocenters. The molecule has 0 saturated heterocycles. The van der Waals surface area contributed by atoms with E-state index in [9.17, 15) is 22.6 Å². The molecule has 2 amide bonds. The van der Waals surface area contributed by atoms with Gasteiger partial charge in [0, 0.05) is 0 Å². The molecule has 7 heteroatoms. The Kier molecular flexibility index (Phi) is 4.39. The lowest BCUT2D eigenvalue weighted by Gasteiger charge is -1.97. The van der Waals surface area contributed by atoms with Gasteiger partial charge >= 0.3 is 10.1 Å². The smallest absolute Gasteiger partial charge is 0.288 e. The van der Waals surface area contributed by atoms with E-state index in [1.54, 1.807) is 43.3 Å². The molecular weight excluding hydrogens is 306 g/mol. The van der Waals surface area contributed by atoms with Crippen LogP contribution in [0.3, 0.4) is 0 Å². The topological polar surface area (TPSA) is 100 Å². The molecule has 2 aromatic rings. The molecule has 1 heterocycles. The Morgan fingerprint density at radius 2 is 1.27 bits per heavy atom. The third kappa shape index (κ3) is 3.38. The van der Waals surface area contributed by atoms with Crippen molar-refractivity contribution in [3.05, 3.63) is 65.2 Å². The molecule has 3 rings (SSSR count). The molecule has 2 aromatic carbocycles. The maximum atomic E-state index is 10.9. The maximum absolute atomic E-state index is 10.9. The van der Waals surface area contributed by atoms with Gasteiger partial charge in [0.1, 0.15) is 0 Å². The zero-order valence-corrected chi connectivity index (χ0v) is 12.4. The molecule has 0 aromatic heterocycles. The summed E-state index contributed by atoms with van der Waals surface area (Å²) >= 11 is 0. The Morgan fingerprint density at radius 3 is 1.68 bits per heavy atom. The number of carbonyl (C=O) groups excluding carboxylic acids is 2. The molecule has 0 fully saturated rings. The van der Waals surface area contributed by atoms with Crippen molar-refractivity contribution in [2.24, 2.45) is 0 Å². The van der Waals surface area contributed by atoms with Crippen LogP contribution in [0.25, 0.3) is 0 Å². The second kappa shape index (κ2) is 6.08. The summed E-state index contributed by atoms with van der Waals surface area (Å²) in [5.41, 5.74) is 1.43. The standard InChI is InChI=1S/C8H5NO2.C7H7O3S/c10-7-5-3-1-2-4-6(5)8(11)9-7;1-6-4-2-3-5-7(6)11(8,9)10/h1-4H,(H,9,10,11);2-5H,1H3. The summed E-state index contributed by atoms with van der Waals surface area (Å²) in [5.74, 6) is -0.601. The van der Waals surface area contributed by atoms with Crippen LogP contribution in [-0.4, -0.2) is 20.2 Å². The van der Waals surface area contributed by atoms with Crippen LogP contribution in [-0.2, 0) is 14.7 Å². The molecule has 1 aliphatic heterocycles. The van der Waals surface area contributed by atoms with Gasteiger partial charge in [-0.25, -0.2) is 0 Å². The second-order valence-corrected chi connectivity index (χ2v) is 5.90. The zero-order valence-electron chi connectivity index (χ0n) is 11.6. The van der Waals surface area contributed by atoms with E-state index < -0.39 is 10.1 Å². The molecule has 22 heavy (non-hydrogen) atoms. The van der Waals surface area contributed by atoms with E-state index in [0.29, 0.717) is 16.7 Å². The Morgan fingerprint density at radius 1 is 0.818 bits per heavy atom. The van der Waals surface area contributed by atoms with Crippen molar-refractivity contribution < 1.29 is 22.6 Å². The first-order valence-corrected chi connectivity index (χ1v) is 7.68. The highest BCUT2D eigenvalue weighted by Crippen LogP contribution is 2.14. The van der Waals surface area contributed by atoms with Crippen LogP contribution in [0, 0.1) is 6.92 Å². The molecular formula is C15H12NO5S. The number of carbonyl (C=O) groups is 2. The van der Waals surface area contributed by atoms with Gasteiger partial charge in [0.05, 0.1) is 16.0 Å². The minimum Gasteiger partial charge on any atom is -0.288 e. The number of nitrogens with one attached hydrogen (secondary N) is 1. The predicted molar refractivity (Wildman–Crippen MR) is 77.3 cm³/mol. The average molecular weight is 318 g/mol. The lowest BCUT2D eigenvalue weighted by atomic mass is 10.1. The highest BCUT2D eigenvalue weighted by atomic mass is 32.2. The molecule has 6 nitrogen and oxygen atoms in total. The fraction of sp³-hybridized carbons (Fsp3) is 0.0667. The molecule has 0 unspecified atom stereocenters. The van der Waals surface area contributed by atoms with E-state index in [0.717, 1.165) is 0 Å². The number of fused-ring (bicyclic) bond motifs is 1. The summed E-state index contributed by atoms with van der Waals surface area (Å²) in [4.78, 5) is 21.7. The fourth-order valence-corrected chi connectivity index (χ4v) is 2.66. The van der Waals surface area contributed by atoms with Gasteiger partial charge in [-0.15, -0.1) is 0 Å². The Hall–Kier alpha value is -2.51. The van der Waals surface area contributed by atoms with Gasteiger partial charge in [0.15, 0.2) is 0 Å². The van der Waals surface area contributed by atoms with Crippen molar-refractivity contribution in [1.82, 2.24) is 5.32 Å². The molecule has 1 aliphatic rings. The van der Waals surface area contributed by atoms with Gasteiger partial charge in [-0.3, -0.25) is 14.9 Å². The summed E-state index contributed by atoms with van der Waals surface area (Å²) < 4.78 is 31.5. The van der Waals surface area contributed by atoms with Gasteiger partial charge in [-0.2, -0.15) is 8.42 Å². The molecule has 113 valence electrons. The van der Waals surface area contributed by atoms with Crippen LogP contribution in [0.2, 0.25) is 0 Å². The van der Waals surface area contributed by atoms with E-state index in [4.69, 9.17) is 0 Å². The number of hydrogen-bond donors (Lipinski definition) is 1. The van der Waals surface area contributed by atoms with Crippen molar-refractivity contribution in [1.29, 1.82) is 0 Å². The van der Waals surface area contributed by atoms with Gasteiger partial charge in [-0.1, -0.05) is 34.9 Å². The third-order valence-electron chi connectivity index (χ3n) is 3.01. The van der Waals surface area contributed by atoms with Gasteiger partial charge in [-0.05, 0) is 30.7 Å². The molecule has 0 aliphatic carbocycles. The summed E-state index contributed by atoms with van der Waals surface area (Å²) in [6.07, 6.45) is 0. The number of hydrogen-bond acceptors (Lipinski definition) is 4. The lowest BCUT2D eigenvalue weighted by Crippen LogP contribution is -2.19.